The Morgan fingerprint density at radius 3 is 1.25 bits per heavy atom. The number of halogens is 2. The number of rotatable bonds is 1. The first kappa shape index (κ1) is 18.2. The summed E-state index contributed by atoms with van der Waals surface area (Å²) in [6.07, 6.45) is 0. The molecule has 6 nitrogen and oxygen atoms in total. The molecular formula is CH6BF2LiO6S. The van der Waals surface area contributed by atoms with Crippen molar-refractivity contribution in [3.05, 3.63) is 0 Å². The van der Waals surface area contributed by atoms with E-state index in [0.717, 1.165) is 0 Å². The topological polar surface area (TPSA) is 115 Å². The average Bonchev–Trinajstić information content (AvgIpc) is 1.59. The van der Waals surface area contributed by atoms with E-state index in [4.69, 9.17) is 28.0 Å². The molecule has 0 saturated heterocycles. The van der Waals surface area contributed by atoms with Gasteiger partial charge in [-0.05, 0) is 0 Å². The van der Waals surface area contributed by atoms with Crippen molar-refractivity contribution in [1.82, 2.24) is 0 Å². The van der Waals surface area contributed by atoms with Crippen molar-refractivity contribution in [3.63, 3.8) is 0 Å². The first-order chi connectivity index (χ1) is 4.68. The van der Waals surface area contributed by atoms with Crippen LogP contribution in [0.5, 0.6) is 0 Å². The third kappa shape index (κ3) is 22.4. The van der Waals surface area contributed by atoms with Crippen LogP contribution >= 0.6 is 0 Å². The van der Waals surface area contributed by atoms with Crippen molar-refractivity contribution >= 4 is 36.3 Å². The van der Waals surface area contributed by atoms with Crippen LogP contribution in [0.15, 0.2) is 0 Å². The molecule has 0 rings (SSSR count). The van der Waals surface area contributed by atoms with Gasteiger partial charge in [-0.25, -0.2) is 0 Å². The van der Waals surface area contributed by atoms with Gasteiger partial charge in [-0.2, -0.15) is 17.2 Å². The van der Waals surface area contributed by atoms with Crippen LogP contribution in [0.25, 0.3) is 0 Å². The Kier molecular flexibility index (Phi) is 12.0. The molecule has 0 unspecified atom stereocenters. The van der Waals surface area contributed by atoms with E-state index < -0.39 is 23.2 Å². The van der Waals surface area contributed by atoms with Crippen LogP contribution in [-0.4, -0.2) is 60.0 Å². The summed E-state index contributed by atoms with van der Waals surface area (Å²) < 4.78 is 47.0. The maximum absolute atomic E-state index is 10.7. The summed E-state index contributed by atoms with van der Waals surface area (Å²) in [6, 6.07) is 0. The number of hydrogen-bond donors (Lipinski definition) is 4. The van der Waals surface area contributed by atoms with E-state index in [9.17, 15) is 8.78 Å². The molecule has 0 bridgehead atoms. The molecule has 0 aromatic carbocycles. The fourth-order valence-electron chi connectivity index (χ4n) is 0. The van der Waals surface area contributed by atoms with Crippen LogP contribution in [0.3, 0.4) is 0 Å². The second-order valence-electron chi connectivity index (χ2n) is 1.12. The molecular weight excluding hydrogens is 196 g/mol. The Labute approximate surface area is 79.3 Å². The van der Waals surface area contributed by atoms with Crippen LogP contribution in [0, 0.1) is 0 Å². The van der Waals surface area contributed by atoms with Gasteiger partial charge in [0, 0.05) is 0 Å². The third-order valence-electron chi connectivity index (χ3n) is 0.225. The zero-order valence-electron chi connectivity index (χ0n) is 4.92. The van der Waals surface area contributed by atoms with Gasteiger partial charge in [0.05, 0.1) is 0 Å². The molecule has 0 aliphatic carbocycles. The van der Waals surface area contributed by atoms with Gasteiger partial charge < -0.3 is 15.1 Å². The van der Waals surface area contributed by atoms with E-state index in [0.29, 0.717) is 0 Å². The van der Waals surface area contributed by atoms with Gasteiger partial charge in [-0.1, -0.05) is 0 Å². The molecule has 0 aromatic heterocycles. The second kappa shape index (κ2) is 7.94. The van der Waals surface area contributed by atoms with Gasteiger partial charge in [0.15, 0.2) is 0 Å². The minimum absolute atomic E-state index is 0. The molecule has 0 fully saturated rings. The number of alkyl halides is 2. The molecule has 0 radical (unpaired) electrons. The van der Waals surface area contributed by atoms with Gasteiger partial charge in [0.2, 0.25) is 0 Å². The second-order valence-corrected chi connectivity index (χ2v) is 2.51. The molecule has 0 heterocycles. The number of hydrogen-bond acceptors (Lipinski definition) is 5. The molecule has 0 spiro atoms. The fourth-order valence-corrected chi connectivity index (χ4v) is 0. The van der Waals surface area contributed by atoms with Crippen LogP contribution in [0.2, 0.25) is 0 Å². The van der Waals surface area contributed by atoms with Crippen LogP contribution in [0.4, 0.5) is 8.78 Å². The van der Waals surface area contributed by atoms with Crippen molar-refractivity contribution in [3.8, 4) is 0 Å². The summed E-state index contributed by atoms with van der Waals surface area (Å²) in [5.74, 6) is -3.67. The van der Waals surface area contributed by atoms with Gasteiger partial charge in [-0.15, -0.1) is 0 Å². The quantitative estimate of drug-likeness (QED) is 0.273. The molecule has 0 aliphatic rings. The van der Waals surface area contributed by atoms with Crippen molar-refractivity contribution in [2.45, 2.75) is 5.76 Å². The summed E-state index contributed by atoms with van der Waals surface area (Å²) in [6.45, 7) is 0. The molecule has 12 heavy (non-hydrogen) atoms. The molecule has 0 aromatic rings. The monoisotopic (exact) mass is 202 g/mol. The third-order valence-corrected chi connectivity index (χ3v) is 0.675. The van der Waals surface area contributed by atoms with E-state index in [1.165, 1.54) is 0 Å². The van der Waals surface area contributed by atoms with Crippen molar-refractivity contribution < 1.29 is 36.8 Å². The molecule has 11 heteroatoms. The van der Waals surface area contributed by atoms with E-state index in [1.807, 2.05) is 0 Å². The Hall–Kier alpha value is 0.312. The Morgan fingerprint density at radius 1 is 1.17 bits per heavy atom. The summed E-state index contributed by atoms with van der Waals surface area (Å²) >= 11 is 0. The normalized spacial score (nSPS) is 9.58. The summed E-state index contributed by atoms with van der Waals surface area (Å²) in [7, 11) is -7.24. The first-order valence-electron chi connectivity index (χ1n) is 1.96. The Balaban J connectivity index is -0.000000142. The SMILES string of the molecule is O=S(=O)(O)C(F)F.OB(O)O.[LiH]. The van der Waals surface area contributed by atoms with E-state index in [2.05, 4.69) is 0 Å². The zero-order valence-corrected chi connectivity index (χ0v) is 5.74. The predicted octanol–water partition coefficient (Wildman–Crippen LogP) is -2.60. The Morgan fingerprint density at radius 2 is 1.25 bits per heavy atom. The zero-order chi connectivity index (χ0) is 9.65. The predicted molar refractivity (Wildman–Crippen MR) is 37.1 cm³/mol. The molecule has 0 amide bonds. The van der Waals surface area contributed by atoms with Crippen LogP contribution in [-0.2, 0) is 10.1 Å². The fraction of sp³-hybridized carbons (Fsp3) is 1.00. The average molecular weight is 202 g/mol. The van der Waals surface area contributed by atoms with Crippen LogP contribution in [0.1, 0.15) is 0 Å². The van der Waals surface area contributed by atoms with Gasteiger partial charge in [0.25, 0.3) is 0 Å². The van der Waals surface area contributed by atoms with E-state index in [-0.39, 0.29) is 18.9 Å². The molecule has 0 aliphatic heterocycles. The maximum atomic E-state index is 10.7. The summed E-state index contributed by atoms with van der Waals surface area (Å²) in [5, 5.41) is 21.5. The first-order valence-corrected chi connectivity index (χ1v) is 3.47. The van der Waals surface area contributed by atoms with Crippen molar-refractivity contribution in [1.29, 1.82) is 0 Å². The molecule has 0 atom stereocenters. The van der Waals surface area contributed by atoms with Crippen molar-refractivity contribution in [2.24, 2.45) is 0 Å². The molecule has 0 saturated carbocycles. The van der Waals surface area contributed by atoms with Gasteiger partial charge >= 0.3 is 42.1 Å². The van der Waals surface area contributed by atoms with Crippen molar-refractivity contribution in [2.75, 3.05) is 0 Å². The Bertz CT molecular complexity index is 177. The summed E-state index contributed by atoms with van der Waals surface area (Å²) in [5.41, 5.74) is 0. The van der Waals surface area contributed by atoms with E-state index >= 15 is 0 Å². The minimum atomic E-state index is -5.07. The van der Waals surface area contributed by atoms with E-state index in [1.54, 1.807) is 0 Å². The van der Waals surface area contributed by atoms with Crippen LogP contribution < -0.4 is 0 Å². The summed E-state index contributed by atoms with van der Waals surface area (Å²) in [4.78, 5) is 0. The molecule has 4 N–H and O–H groups in total. The van der Waals surface area contributed by atoms with Gasteiger partial charge in [-0.3, -0.25) is 4.55 Å². The molecule has 70 valence electrons. The van der Waals surface area contributed by atoms with Gasteiger partial charge in [0.1, 0.15) is 0 Å². The standard InChI is InChI=1S/CH2F2O3S.BH3O3.Li.H/c2-1(3)7(4,5)6;2-1(3)4;;/h1H,(H,4,5,6);2-4H;;.